The van der Waals surface area contributed by atoms with Crippen molar-refractivity contribution in [1.29, 1.82) is 0 Å². The molecule has 0 bridgehead atoms. The molecule has 0 radical (unpaired) electrons. The molecule has 2 aliphatic rings. The Labute approximate surface area is 126 Å². The van der Waals surface area contributed by atoms with Crippen LogP contribution < -0.4 is 0 Å². The maximum atomic E-state index is 12.7. The molecule has 6 nitrogen and oxygen atoms in total. The van der Waals surface area contributed by atoms with Crippen LogP contribution in [0.25, 0.3) is 0 Å². The minimum absolute atomic E-state index is 0.109. The van der Waals surface area contributed by atoms with Gasteiger partial charge in [-0.2, -0.15) is 0 Å². The summed E-state index contributed by atoms with van der Waals surface area (Å²) < 4.78 is 5.00. The van der Waals surface area contributed by atoms with E-state index in [-0.39, 0.29) is 12.1 Å². The molecule has 1 aliphatic heterocycles. The van der Waals surface area contributed by atoms with Crippen molar-refractivity contribution >= 4 is 12.0 Å². The molecule has 0 aromatic heterocycles. The summed E-state index contributed by atoms with van der Waals surface area (Å²) in [5, 5.41) is 9.44. The number of fused-ring (bicyclic) bond motifs is 1. The van der Waals surface area contributed by atoms with Gasteiger partial charge in [0.15, 0.2) is 0 Å². The summed E-state index contributed by atoms with van der Waals surface area (Å²) in [6.45, 7) is 1.19. The predicted molar refractivity (Wildman–Crippen MR) is 78.1 cm³/mol. The van der Waals surface area contributed by atoms with Crippen molar-refractivity contribution in [2.75, 3.05) is 27.3 Å². The molecule has 3 atom stereocenters. The molecule has 1 saturated heterocycles. The lowest BCUT2D eigenvalue weighted by Crippen LogP contribution is -2.51. The average molecular weight is 298 g/mol. The largest absolute Gasteiger partial charge is 0.480 e. The van der Waals surface area contributed by atoms with E-state index in [1.54, 1.807) is 24.0 Å². The van der Waals surface area contributed by atoms with Gasteiger partial charge in [-0.25, -0.2) is 9.59 Å². The summed E-state index contributed by atoms with van der Waals surface area (Å²) in [5.41, 5.74) is 0. The van der Waals surface area contributed by atoms with Gasteiger partial charge in [0.05, 0.1) is 0 Å². The molecular weight excluding hydrogens is 272 g/mol. The Morgan fingerprint density at radius 3 is 2.71 bits per heavy atom. The maximum absolute atomic E-state index is 12.7. The molecule has 0 spiro atoms. The number of likely N-dealkylation sites (tertiary alicyclic amines) is 1. The Balaban J connectivity index is 2.05. The second kappa shape index (κ2) is 7.11. The highest BCUT2D eigenvalue weighted by Gasteiger charge is 2.48. The van der Waals surface area contributed by atoms with E-state index in [9.17, 15) is 14.7 Å². The van der Waals surface area contributed by atoms with Crippen molar-refractivity contribution in [2.45, 2.75) is 50.6 Å². The zero-order valence-electron chi connectivity index (χ0n) is 13.0. The van der Waals surface area contributed by atoms with Crippen LogP contribution in [0.15, 0.2) is 0 Å². The van der Waals surface area contributed by atoms with Crippen molar-refractivity contribution in [3.63, 3.8) is 0 Å². The molecule has 1 saturated carbocycles. The third-order valence-electron chi connectivity index (χ3n) is 4.76. The average Bonchev–Trinajstić information content (AvgIpc) is 2.86. The normalized spacial score (nSPS) is 28.3. The van der Waals surface area contributed by atoms with Crippen LogP contribution in [0.1, 0.15) is 38.5 Å². The first-order valence-corrected chi connectivity index (χ1v) is 7.81. The summed E-state index contributed by atoms with van der Waals surface area (Å²) in [6.07, 6.45) is 5.59. The number of amides is 2. The van der Waals surface area contributed by atoms with Crippen LogP contribution >= 0.6 is 0 Å². The number of hydrogen-bond donors (Lipinski definition) is 1. The first kappa shape index (κ1) is 16.1. The maximum Gasteiger partial charge on any atom is 0.326 e. The molecule has 0 aromatic carbocycles. The lowest BCUT2D eigenvalue weighted by molar-refractivity contribution is -0.141. The van der Waals surface area contributed by atoms with E-state index >= 15 is 0 Å². The molecule has 3 unspecified atom stereocenters. The second-order valence-corrected chi connectivity index (χ2v) is 6.16. The summed E-state index contributed by atoms with van der Waals surface area (Å²) in [7, 11) is 3.38. The summed E-state index contributed by atoms with van der Waals surface area (Å²) in [6, 6.07) is -0.694. The Bertz CT molecular complexity index is 388. The molecule has 120 valence electrons. The van der Waals surface area contributed by atoms with E-state index in [0.29, 0.717) is 25.5 Å². The minimum Gasteiger partial charge on any atom is -0.480 e. The number of carboxylic acid groups (broad SMARTS) is 1. The van der Waals surface area contributed by atoms with Crippen LogP contribution in [0, 0.1) is 5.92 Å². The Kier molecular flexibility index (Phi) is 5.45. The number of ether oxygens (including phenoxy) is 1. The van der Waals surface area contributed by atoms with Crippen molar-refractivity contribution < 1.29 is 19.4 Å². The number of urea groups is 1. The van der Waals surface area contributed by atoms with Crippen molar-refractivity contribution in [1.82, 2.24) is 9.80 Å². The van der Waals surface area contributed by atoms with Gasteiger partial charge in [0.2, 0.25) is 0 Å². The van der Waals surface area contributed by atoms with E-state index < -0.39 is 12.0 Å². The standard InChI is InChI=1S/C15H26N2O4/c1-16(8-5-9-21-2)15(20)17-12-7-4-3-6-11(12)10-13(17)14(18)19/h11-13H,3-10H2,1-2H3,(H,18,19). The molecule has 1 N–H and O–H groups in total. The zero-order chi connectivity index (χ0) is 15.4. The number of rotatable bonds is 5. The molecule has 0 aromatic rings. The van der Waals surface area contributed by atoms with E-state index in [1.807, 2.05) is 0 Å². The smallest absolute Gasteiger partial charge is 0.326 e. The number of carboxylic acids is 1. The molecule has 6 heteroatoms. The van der Waals surface area contributed by atoms with Crippen molar-refractivity contribution in [3.8, 4) is 0 Å². The van der Waals surface area contributed by atoms with Gasteiger partial charge < -0.3 is 19.6 Å². The van der Waals surface area contributed by atoms with Crippen molar-refractivity contribution in [2.24, 2.45) is 5.92 Å². The highest BCUT2D eigenvalue weighted by Crippen LogP contribution is 2.40. The van der Waals surface area contributed by atoms with E-state index in [2.05, 4.69) is 0 Å². The fourth-order valence-corrected chi connectivity index (χ4v) is 3.69. The molecule has 21 heavy (non-hydrogen) atoms. The summed E-state index contributed by atoms with van der Waals surface area (Å²) in [5.74, 6) is -0.515. The molecule has 2 fully saturated rings. The lowest BCUT2D eigenvalue weighted by atomic mass is 9.85. The zero-order valence-corrected chi connectivity index (χ0v) is 13.0. The molecule has 2 amide bonds. The minimum atomic E-state index is -0.872. The third-order valence-corrected chi connectivity index (χ3v) is 4.76. The Morgan fingerprint density at radius 1 is 1.33 bits per heavy atom. The fourth-order valence-electron chi connectivity index (χ4n) is 3.69. The van der Waals surface area contributed by atoms with Crippen LogP contribution in [0.5, 0.6) is 0 Å². The first-order chi connectivity index (χ1) is 10.1. The highest BCUT2D eigenvalue weighted by atomic mass is 16.5. The van der Waals surface area contributed by atoms with Gasteiger partial charge in [-0.3, -0.25) is 0 Å². The van der Waals surface area contributed by atoms with Gasteiger partial charge in [0, 0.05) is 33.4 Å². The van der Waals surface area contributed by atoms with E-state index in [0.717, 1.165) is 32.1 Å². The summed E-state index contributed by atoms with van der Waals surface area (Å²) in [4.78, 5) is 27.4. The van der Waals surface area contributed by atoms with Crippen LogP contribution in [0.4, 0.5) is 4.79 Å². The fraction of sp³-hybridized carbons (Fsp3) is 0.867. The quantitative estimate of drug-likeness (QED) is 0.786. The molecule has 2 rings (SSSR count). The molecule has 1 aliphatic carbocycles. The van der Waals surface area contributed by atoms with Crippen molar-refractivity contribution in [3.05, 3.63) is 0 Å². The van der Waals surface area contributed by atoms with Crippen LogP contribution in [0.3, 0.4) is 0 Å². The third kappa shape index (κ3) is 3.48. The van der Waals surface area contributed by atoms with Crippen LogP contribution in [0.2, 0.25) is 0 Å². The van der Waals surface area contributed by atoms with Gasteiger partial charge in [-0.15, -0.1) is 0 Å². The first-order valence-electron chi connectivity index (χ1n) is 7.81. The Morgan fingerprint density at radius 2 is 2.05 bits per heavy atom. The van der Waals surface area contributed by atoms with Gasteiger partial charge in [0.25, 0.3) is 0 Å². The number of carbonyl (C=O) groups is 2. The number of carbonyl (C=O) groups excluding carboxylic acids is 1. The second-order valence-electron chi connectivity index (χ2n) is 6.16. The monoisotopic (exact) mass is 298 g/mol. The number of methoxy groups -OCH3 is 1. The van der Waals surface area contributed by atoms with Gasteiger partial charge in [0.1, 0.15) is 6.04 Å². The highest BCUT2D eigenvalue weighted by molar-refractivity contribution is 5.83. The lowest BCUT2D eigenvalue weighted by Gasteiger charge is -2.35. The topological polar surface area (TPSA) is 70.1 Å². The van der Waals surface area contributed by atoms with Crippen LogP contribution in [-0.2, 0) is 9.53 Å². The Hall–Kier alpha value is -1.30. The van der Waals surface area contributed by atoms with E-state index in [4.69, 9.17) is 4.74 Å². The molecule has 1 heterocycles. The van der Waals surface area contributed by atoms with E-state index in [1.165, 1.54) is 0 Å². The van der Waals surface area contributed by atoms with Gasteiger partial charge >= 0.3 is 12.0 Å². The van der Waals surface area contributed by atoms with Crippen LogP contribution in [-0.4, -0.2) is 66.3 Å². The van der Waals surface area contributed by atoms with Gasteiger partial charge in [-0.1, -0.05) is 12.8 Å². The SMILES string of the molecule is COCCCN(C)C(=O)N1C(C(=O)O)CC2CCCCC21. The number of aliphatic carboxylic acids is 1. The van der Waals surface area contributed by atoms with Gasteiger partial charge in [-0.05, 0) is 31.6 Å². The number of nitrogens with zero attached hydrogens (tertiary/aromatic N) is 2. The number of hydrogen-bond acceptors (Lipinski definition) is 3. The predicted octanol–water partition coefficient (Wildman–Crippen LogP) is 1.79. The molecular formula is C15H26N2O4. The summed E-state index contributed by atoms with van der Waals surface area (Å²) >= 11 is 0.